The van der Waals surface area contributed by atoms with Crippen LogP contribution in [0.1, 0.15) is 71.1 Å². The number of esters is 2. The molecule has 2 aliphatic heterocycles. The second-order valence-electron chi connectivity index (χ2n) is 14.0. The molecule has 2 aromatic heterocycles. The Morgan fingerprint density at radius 2 is 1.87 bits per heavy atom. The van der Waals surface area contributed by atoms with Crippen LogP contribution >= 0.6 is 0 Å². The first kappa shape index (κ1) is 32.4. The summed E-state index contributed by atoms with van der Waals surface area (Å²) in [5.41, 5.74) is 1.07. The smallest absolute Gasteiger partial charge is 0.407 e. The summed E-state index contributed by atoms with van der Waals surface area (Å²) in [6, 6.07) is 11.0. The van der Waals surface area contributed by atoms with Gasteiger partial charge >= 0.3 is 18.0 Å². The Morgan fingerprint density at radius 3 is 2.53 bits per heavy atom. The van der Waals surface area contributed by atoms with Crippen molar-refractivity contribution < 1.29 is 28.6 Å². The number of hydrogen-bond donors (Lipinski definition) is 1. The summed E-state index contributed by atoms with van der Waals surface area (Å²) in [5, 5.41) is 4.95. The highest BCUT2D eigenvalue weighted by Crippen LogP contribution is 2.41. The van der Waals surface area contributed by atoms with Crippen molar-refractivity contribution in [3.63, 3.8) is 0 Å². The van der Waals surface area contributed by atoms with Crippen LogP contribution in [0.4, 0.5) is 4.79 Å². The number of benzene rings is 1. The van der Waals surface area contributed by atoms with Crippen LogP contribution < -0.4 is 16.1 Å². The number of nitrogens with one attached hydrogen (secondary N) is 1. The van der Waals surface area contributed by atoms with E-state index in [-0.39, 0.29) is 37.1 Å². The van der Waals surface area contributed by atoms with Crippen LogP contribution in [-0.2, 0) is 42.6 Å². The zero-order valence-corrected chi connectivity index (χ0v) is 28.5. The highest BCUT2D eigenvalue weighted by molar-refractivity contribution is 6.92. The number of alkyl carbamates (subject to hydrolysis) is 1. The minimum Gasteiger partial charge on any atom is -0.457 e. The topological polar surface area (TPSA) is 126 Å². The molecule has 0 unspecified atom stereocenters. The highest BCUT2D eigenvalue weighted by atomic mass is 28.3. The molecule has 4 heterocycles. The van der Waals surface area contributed by atoms with E-state index in [1.807, 2.05) is 18.2 Å². The van der Waals surface area contributed by atoms with Crippen molar-refractivity contribution in [2.75, 3.05) is 6.54 Å². The lowest BCUT2D eigenvalue weighted by Gasteiger charge is -2.35. The fraction of sp³-hybridized carbons (Fsp3) is 0.500. The number of aromatic nitrogens is 2. The monoisotopic (exact) mass is 633 g/mol. The third-order valence-electron chi connectivity index (χ3n) is 8.44. The van der Waals surface area contributed by atoms with Gasteiger partial charge in [0.25, 0.3) is 5.56 Å². The third kappa shape index (κ3) is 6.02. The van der Waals surface area contributed by atoms with E-state index in [0.717, 1.165) is 28.2 Å². The number of para-hydroxylation sites is 1. The number of amides is 1. The van der Waals surface area contributed by atoms with Crippen LogP contribution in [0.5, 0.6) is 0 Å². The normalized spacial score (nSPS) is 17.4. The van der Waals surface area contributed by atoms with Crippen LogP contribution in [0.2, 0.25) is 19.1 Å². The maximum Gasteiger partial charge on any atom is 0.407 e. The molecule has 0 aliphatic carbocycles. The lowest BCUT2D eigenvalue weighted by Crippen LogP contribution is -2.48. The van der Waals surface area contributed by atoms with Crippen LogP contribution in [0.15, 0.2) is 35.1 Å². The Morgan fingerprint density at radius 1 is 1.16 bits per heavy atom. The number of pyridine rings is 2. The van der Waals surface area contributed by atoms with Crippen LogP contribution in [-0.4, -0.2) is 47.8 Å². The summed E-state index contributed by atoms with van der Waals surface area (Å²) >= 11 is 0. The number of rotatable bonds is 8. The molecule has 11 heteroatoms. The first-order chi connectivity index (χ1) is 21.1. The molecule has 1 amide bonds. The zero-order valence-electron chi connectivity index (χ0n) is 27.5. The molecule has 1 N–H and O–H groups in total. The van der Waals surface area contributed by atoms with Crippen molar-refractivity contribution >= 4 is 42.2 Å². The van der Waals surface area contributed by atoms with Gasteiger partial charge in [-0.2, -0.15) is 0 Å². The number of cyclic esters (lactones) is 1. The van der Waals surface area contributed by atoms with Gasteiger partial charge in [-0.15, -0.1) is 0 Å². The largest absolute Gasteiger partial charge is 0.457 e. The average molecular weight is 634 g/mol. The molecule has 0 radical (unpaired) electrons. The zero-order chi connectivity index (χ0) is 32.9. The van der Waals surface area contributed by atoms with E-state index in [4.69, 9.17) is 19.2 Å². The van der Waals surface area contributed by atoms with Gasteiger partial charge in [0.1, 0.15) is 12.2 Å². The van der Waals surface area contributed by atoms with Gasteiger partial charge in [0, 0.05) is 12.1 Å². The molecule has 0 saturated heterocycles. The Kier molecular flexibility index (Phi) is 8.45. The first-order valence-corrected chi connectivity index (χ1v) is 18.8. The molecule has 1 aromatic carbocycles. The van der Waals surface area contributed by atoms with Gasteiger partial charge < -0.3 is 24.1 Å². The predicted molar refractivity (Wildman–Crippen MR) is 174 cm³/mol. The molecule has 0 saturated carbocycles. The number of nitrogens with zero attached hydrogens (tertiary/aromatic N) is 2. The summed E-state index contributed by atoms with van der Waals surface area (Å²) in [7, 11) is -2.00. The number of hydrogen-bond acceptors (Lipinski definition) is 8. The minimum absolute atomic E-state index is 0.0501. The van der Waals surface area contributed by atoms with E-state index >= 15 is 0 Å². The summed E-state index contributed by atoms with van der Waals surface area (Å²) in [6.45, 7) is 16.3. The first-order valence-electron chi connectivity index (χ1n) is 15.6. The molecule has 3 aromatic rings. The van der Waals surface area contributed by atoms with Crippen molar-refractivity contribution in [2.24, 2.45) is 5.92 Å². The van der Waals surface area contributed by atoms with E-state index in [1.165, 1.54) is 5.19 Å². The number of ether oxygens (including phenoxy) is 3. The maximum atomic E-state index is 14.1. The van der Waals surface area contributed by atoms with Gasteiger partial charge in [-0.05, 0) is 61.4 Å². The van der Waals surface area contributed by atoms with Crippen molar-refractivity contribution in [1.29, 1.82) is 0 Å². The SMILES string of the molecule is CC[C@@]1(OC(=O)CCNC(=O)OC(C)(C)C)C(=O)OCc2c1cc1n(c2=O)Cc2c-1nc1ccccc1c2[Si](C)(C)CC(C)C. The summed E-state index contributed by atoms with van der Waals surface area (Å²) in [5.74, 6) is -0.937. The Hall–Kier alpha value is -3.99. The molecule has 45 heavy (non-hydrogen) atoms. The number of carbonyl (C=O) groups excluding carboxylic acids is 3. The lowest BCUT2D eigenvalue weighted by atomic mass is 9.85. The Labute approximate surface area is 264 Å². The van der Waals surface area contributed by atoms with E-state index < -0.39 is 37.3 Å². The van der Waals surface area contributed by atoms with Crippen LogP contribution in [0.25, 0.3) is 22.3 Å². The minimum atomic E-state index is -2.00. The second-order valence-corrected chi connectivity index (χ2v) is 18.7. The van der Waals surface area contributed by atoms with E-state index in [1.54, 1.807) is 38.3 Å². The van der Waals surface area contributed by atoms with Crippen molar-refractivity contribution in [3.8, 4) is 11.4 Å². The van der Waals surface area contributed by atoms with E-state index in [0.29, 0.717) is 23.7 Å². The molecule has 0 spiro atoms. The second kappa shape index (κ2) is 11.7. The highest BCUT2D eigenvalue weighted by Gasteiger charge is 2.50. The third-order valence-corrected chi connectivity index (χ3v) is 12.2. The summed E-state index contributed by atoms with van der Waals surface area (Å²) in [6.07, 6.45) is -0.808. The van der Waals surface area contributed by atoms with E-state index in [2.05, 4.69) is 38.3 Å². The molecule has 10 nitrogen and oxygen atoms in total. The molecular formula is C34H43N3O7Si. The predicted octanol–water partition coefficient (Wildman–Crippen LogP) is 5.12. The fourth-order valence-electron chi connectivity index (χ4n) is 6.91. The molecule has 2 aliphatic rings. The summed E-state index contributed by atoms with van der Waals surface area (Å²) in [4.78, 5) is 57.7. The van der Waals surface area contributed by atoms with Gasteiger partial charge in [0.15, 0.2) is 0 Å². The maximum absolute atomic E-state index is 14.1. The molecule has 1 atom stereocenters. The summed E-state index contributed by atoms with van der Waals surface area (Å²) < 4.78 is 18.3. The van der Waals surface area contributed by atoms with Crippen LogP contribution in [0.3, 0.4) is 0 Å². The lowest BCUT2D eigenvalue weighted by molar-refractivity contribution is -0.189. The molecule has 5 rings (SSSR count). The fourth-order valence-corrected chi connectivity index (χ4v) is 11.1. The quantitative estimate of drug-likeness (QED) is 0.161. The number of carbonyl (C=O) groups is 3. The molecule has 0 fully saturated rings. The average Bonchev–Trinajstić information content (AvgIpc) is 3.29. The van der Waals surface area contributed by atoms with Gasteiger partial charge in [-0.25, -0.2) is 14.6 Å². The molecule has 0 bridgehead atoms. The van der Waals surface area contributed by atoms with Gasteiger partial charge in [0.05, 0.1) is 43.5 Å². The van der Waals surface area contributed by atoms with Gasteiger partial charge in [-0.1, -0.05) is 58.1 Å². The van der Waals surface area contributed by atoms with Gasteiger partial charge in [0.2, 0.25) is 5.60 Å². The van der Waals surface area contributed by atoms with Crippen molar-refractivity contribution in [1.82, 2.24) is 14.9 Å². The van der Waals surface area contributed by atoms with E-state index in [9.17, 15) is 19.2 Å². The number of fused-ring (bicyclic) bond motifs is 5. The van der Waals surface area contributed by atoms with Gasteiger partial charge in [-0.3, -0.25) is 9.59 Å². The Balaban J connectivity index is 1.57. The van der Waals surface area contributed by atoms with Crippen molar-refractivity contribution in [2.45, 2.75) is 97.9 Å². The molecule has 240 valence electrons. The standard InChI is InChI=1S/C34H43N3O7Si/c1-9-34(43-27(38)14-15-35-32(41)44-33(4,5)6)24-16-26-28-22(17-37(26)30(39)23(24)18-42-31(34)40)29(45(7,8)19-20(2)3)21-12-10-11-13-25(21)36-28/h10-13,16,20H,9,14-15,17-19H2,1-8H3,(H,35,41)/t34-/m0/s1. The van der Waals surface area contributed by atoms with Crippen molar-refractivity contribution in [3.05, 3.63) is 57.4 Å². The Bertz CT molecular complexity index is 1760. The molecular weight excluding hydrogens is 590 g/mol. The van der Waals surface area contributed by atoms with Crippen LogP contribution in [0, 0.1) is 5.92 Å².